The standard InChI is InChI=1S/C17H15FN4O4/c1-21-15-14(16(24)22(2)17(21)25)11(7-8-19-15)20-13(23)9-26-12-6-4-3-5-10(12)18/h3-8H,9H2,1-2H3,(H,19,20,23). The summed E-state index contributed by atoms with van der Waals surface area (Å²) in [7, 11) is 2.81. The van der Waals surface area contributed by atoms with Crippen LogP contribution in [0.1, 0.15) is 0 Å². The van der Waals surface area contributed by atoms with E-state index < -0.39 is 29.6 Å². The molecule has 2 heterocycles. The van der Waals surface area contributed by atoms with Crippen LogP contribution in [0.15, 0.2) is 46.1 Å². The average Bonchev–Trinajstić information content (AvgIpc) is 2.64. The van der Waals surface area contributed by atoms with E-state index in [0.29, 0.717) is 0 Å². The van der Waals surface area contributed by atoms with Crippen LogP contribution >= 0.6 is 0 Å². The topological polar surface area (TPSA) is 95.2 Å². The second kappa shape index (κ2) is 6.79. The first-order chi connectivity index (χ1) is 12.4. The molecule has 0 aliphatic heterocycles. The number of hydrogen-bond donors (Lipinski definition) is 1. The summed E-state index contributed by atoms with van der Waals surface area (Å²) in [5.41, 5.74) is -0.776. The van der Waals surface area contributed by atoms with Gasteiger partial charge in [0.25, 0.3) is 11.5 Å². The van der Waals surface area contributed by atoms with Crippen molar-refractivity contribution >= 4 is 22.6 Å². The molecule has 3 aromatic rings. The summed E-state index contributed by atoms with van der Waals surface area (Å²) in [6, 6.07) is 7.14. The molecule has 1 aromatic carbocycles. The minimum atomic E-state index is -0.586. The fraction of sp³-hybridized carbons (Fsp3) is 0.176. The first-order valence-electron chi connectivity index (χ1n) is 7.62. The van der Waals surface area contributed by atoms with Gasteiger partial charge < -0.3 is 10.1 Å². The van der Waals surface area contributed by atoms with Crippen molar-refractivity contribution in [2.24, 2.45) is 14.1 Å². The molecule has 1 amide bonds. The summed E-state index contributed by atoms with van der Waals surface area (Å²) in [5.74, 6) is -1.23. The molecule has 0 unspecified atom stereocenters. The van der Waals surface area contributed by atoms with Crippen molar-refractivity contribution in [3.05, 3.63) is 63.2 Å². The van der Waals surface area contributed by atoms with E-state index in [4.69, 9.17) is 4.74 Å². The predicted molar refractivity (Wildman–Crippen MR) is 92.7 cm³/mol. The zero-order valence-electron chi connectivity index (χ0n) is 14.0. The maximum atomic E-state index is 13.5. The molecule has 0 bridgehead atoms. The Balaban J connectivity index is 1.90. The molecule has 0 saturated carbocycles. The van der Waals surface area contributed by atoms with Crippen LogP contribution in [0.2, 0.25) is 0 Å². The first kappa shape index (κ1) is 17.3. The lowest BCUT2D eigenvalue weighted by molar-refractivity contribution is -0.118. The van der Waals surface area contributed by atoms with E-state index in [1.807, 2.05) is 0 Å². The molecule has 0 fully saturated rings. The molecule has 9 heteroatoms. The summed E-state index contributed by atoms with van der Waals surface area (Å²) in [6.45, 7) is -0.448. The van der Waals surface area contributed by atoms with E-state index in [1.165, 1.54) is 49.1 Å². The molecule has 2 aromatic heterocycles. The number of fused-ring (bicyclic) bond motifs is 1. The quantitative estimate of drug-likeness (QED) is 0.744. The normalized spacial score (nSPS) is 10.7. The molecule has 0 saturated heterocycles. The Morgan fingerprint density at radius 1 is 1.19 bits per heavy atom. The van der Waals surface area contributed by atoms with Gasteiger partial charge >= 0.3 is 5.69 Å². The minimum Gasteiger partial charge on any atom is -0.481 e. The Kier molecular flexibility index (Phi) is 4.53. The van der Waals surface area contributed by atoms with Gasteiger partial charge in [0.15, 0.2) is 23.8 Å². The number of ether oxygens (including phenoxy) is 1. The van der Waals surface area contributed by atoms with Crippen LogP contribution in [0.3, 0.4) is 0 Å². The number of carbonyl (C=O) groups excluding carboxylic acids is 1. The Bertz CT molecular complexity index is 1120. The van der Waals surface area contributed by atoms with Crippen molar-refractivity contribution in [1.82, 2.24) is 14.1 Å². The first-order valence-corrected chi connectivity index (χ1v) is 7.62. The summed E-state index contributed by atoms with van der Waals surface area (Å²) < 4.78 is 20.8. The number of hydrogen-bond acceptors (Lipinski definition) is 5. The number of benzene rings is 1. The number of pyridine rings is 1. The maximum absolute atomic E-state index is 13.5. The fourth-order valence-electron chi connectivity index (χ4n) is 2.48. The Morgan fingerprint density at radius 2 is 1.92 bits per heavy atom. The van der Waals surface area contributed by atoms with Gasteiger partial charge in [-0.15, -0.1) is 0 Å². The number of amides is 1. The molecular formula is C17H15FN4O4. The van der Waals surface area contributed by atoms with Crippen LogP contribution in [0.4, 0.5) is 10.1 Å². The molecule has 0 spiro atoms. The van der Waals surface area contributed by atoms with Crippen LogP contribution in [0, 0.1) is 5.82 Å². The zero-order chi connectivity index (χ0) is 18.8. The van der Waals surface area contributed by atoms with Crippen LogP contribution in [-0.2, 0) is 18.9 Å². The van der Waals surface area contributed by atoms with Gasteiger partial charge in [-0.3, -0.25) is 18.7 Å². The van der Waals surface area contributed by atoms with E-state index in [0.717, 1.165) is 4.57 Å². The van der Waals surface area contributed by atoms with Crippen molar-refractivity contribution in [3.63, 3.8) is 0 Å². The molecular weight excluding hydrogens is 343 g/mol. The van der Waals surface area contributed by atoms with Crippen molar-refractivity contribution in [3.8, 4) is 5.75 Å². The highest BCUT2D eigenvalue weighted by Crippen LogP contribution is 2.17. The molecule has 134 valence electrons. The molecule has 0 radical (unpaired) electrons. The number of rotatable bonds is 4. The number of para-hydroxylation sites is 1. The number of nitrogens with zero attached hydrogens (tertiary/aromatic N) is 3. The average molecular weight is 358 g/mol. The Labute approximate surface area is 146 Å². The maximum Gasteiger partial charge on any atom is 0.332 e. The zero-order valence-corrected chi connectivity index (χ0v) is 14.0. The largest absolute Gasteiger partial charge is 0.481 e. The monoisotopic (exact) mass is 358 g/mol. The number of aryl methyl sites for hydroxylation is 1. The van der Waals surface area contributed by atoms with Crippen LogP contribution in [0.25, 0.3) is 11.0 Å². The summed E-state index contributed by atoms with van der Waals surface area (Å²) >= 11 is 0. The van der Waals surface area contributed by atoms with Gasteiger partial charge in [0.2, 0.25) is 0 Å². The Morgan fingerprint density at radius 3 is 2.65 bits per heavy atom. The predicted octanol–water partition coefficient (Wildman–Crippen LogP) is 0.789. The van der Waals surface area contributed by atoms with Gasteiger partial charge in [0.1, 0.15) is 5.39 Å². The van der Waals surface area contributed by atoms with Crippen molar-refractivity contribution in [2.45, 2.75) is 0 Å². The number of anilines is 1. The number of halogens is 1. The third kappa shape index (κ3) is 3.06. The second-order valence-corrected chi connectivity index (χ2v) is 5.53. The molecule has 0 aliphatic rings. The van der Waals surface area contributed by atoms with Gasteiger partial charge in [-0.05, 0) is 18.2 Å². The van der Waals surface area contributed by atoms with Crippen molar-refractivity contribution in [2.75, 3.05) is 11.9 Å². The molecule has 0 atom stereocenters. The molecule has 1 N–H and O–H groups in total. The van der Waals surface area contributed by atoms with Gasteiger partial charge in [-0.2, -0.15) is 0 Å². The lowest BCUT2D eigenvalue weighted by Gasteiger charge is -2.12. The van der Waals surface area contributed by atoms with Gasteiger partial charge in [-0.25, -0.2) is 14.2 Å². The lowest BCUT2D eigenvalue weighted by atomic mass is 10.2. The van der Waals surface area contributed by atoms with E-state index in [1.54, 1.807) is 6.07 Å². The third-order valence-corrected chi connectivity index (χ3v) is 3.81. The van der Waals surface area contributed by atoms with Crippen molar-refractivity contribution < 1.29 is 13.9 Å². The smallest absolute Gasteiger partial charge is 0.332 e. The lowest BCUT2D eigenvalue weighted by Crippen LogP contribution is -2.37. The molecule has 3 rings (SSSR count). The van der Waals surface area contributed by atoms with E-state index >= 15 is 0 Å². The summed E-state index contributed by atoms with van der Waals surface area (Å²) in [5, 5.41) is 2.63. The molecule has 0 aliphatic carbocycles. The van der Waals surface area contributed by atoms with Crippen molar-refractivity contribution in [1.29, 1.82) is 0 Å². The van der Waals surface area contributed by atoms with E-state index in [9.17, 15) is 18.8 Å². The summed E-state index contributed by atoms with van der Waals surface area (Å²) in [4.78, 5) is 40.5. The number of aromatic nitrogens is 3. The molecule has 8 nitrogen and oxygen atoms in total. The van der Waals surface area contributed by atoms with Crippen LogP contribution in [0.5, 0.6) is 5.75 Å². The third-order valence-electron chi connectivity index (χ3n) is 3.81. The summed E-state index contributed by atoms with van der Waals surface area (Å²) in [6.07, 6.45) is 1.37. The SMILES string of the molecule is Cn1c(=O)c2c(NC(=O)COc3ccccc3F)ccnc2n(C)c1=O. The van der Waals surface area contributed by atoms with Gasteiger partial charge in [0.05, 0.1) is 5.69 Å². The molecule has 26 heavy (non-hydrogen) atoms. The van der Waals surface area contributed by atoms with Crippen LogP contribution in [-0.4, -0.2) is 26.6 Å². The highest BCUT2D eigenvalue weighted by molar-refractivity contribution is 6.00. The number of carbonyl (C=O) groups is 1. The van der Waals surface area contributed by atoms with E-state index in [2.05, 4.69) is 10.3 Å². The minimum absolute atomic E-state index is 0.0550. The number of nitrogens with one attached hydrogen (secondary N) is 1. The highest BCUT2D eigenvalue weighted by atomic mass is 19.1. The van der Waals surface area contributed by atoms with Gasteiger partial charge in [-0.1, -0.05) is 12.1 Å². The second-order valence-electron chi connectivity index (χ2n) is 5.53. The van der Waals surface area contributed by atoms with Crippen LogP contribution < -0.4 is 21.3 Å². The Hall–Kier alpha value is -3.49. The van der Waals surface area contributed by atoms with Gasteiger partial charge in [0, 0.05) is 20.3 Å². The van der Waals surface area contributed by atoms with E-state index in [-0.39, 0.29) is 22.5 Å². The fourth-order valence-corrected chi connectivity index (χ4v) is 2.48. The highest BCUT2D eigenvalue weighted by Gasteiger charge is 2.15.